The molecule has 2 rings (SSSR count). The summed E-state index contributed by atoms with van der Waals surface area (Å²) in [5.41, 5.74) is 5.41. The number of rotatable bonds is 3. The van der Waals surface area contributed by atoms with Crippen molar-refractivity contribution in [2.24, 2.45) is 0 Å². The van der Waals surface area contributed by atoms with E-state index < -0.39 is 5.41 Å². The first-order valence-corrected chi connectivity index (χ1v) is 4.92. The van der Waals surface area contributed by atoms with Gasteiger partial charge >= 0.3 is 0 Å². The minimum absolute atomic E-state index is 0.0874. The van der Waals surface area contributed by atoms with Crippen molar-refractivity contribution in [1.29, 1.82) is 0 Å². The Hall–Kier alpha value is -1.42. The van der Waals surface area contributed by atoms with Gasteiger partial charge in [-0.1, -0.05) is 12.1 Å². The third-order valence-electron chi connectivity index (χ3n) is 2.80. The second-order valence-electron chi connectivity index (χ2n) is 3.80. The van der Waals surface area contributed by atoms with Crippen LogP contribution in [-0.2, 0) is 10.2 Å². The number of hydrazine groups is 1. The predicted molar refractivity (Wildman–Crippen MR) is 54.5 cm³/mol. The molecule has 0 spiro atoms. The van der Waals surface area contributed by atoms with Gasteiger partial charge in [0.05, 0.1) is 5.41 Å². The second kappa shape index (κ2) is 3.62. The highest BCUT2D eigenvalue weighted by Gasteiger charge is 2.51. The van der Waals surface area contributed by atoms with Crippen LogP contribution in [0.25, 0.3) is 0 Å². The molecule has 0 saturated heterocycles. The van der Waals surface area contributed by atoms with Crippen LogP contribution in [0.3, 0.4) is 0 Å². The zero-order chi connectivity index (χ0) is 10.9. The first-order chi connectivity index (χ1) is 7.19. The zero-order valence-corrected chi connectivity index (χ0v) is 8.51. The molecule has 0 bridgehead atoms. The number of nitrogens with one attached hydrogen (secondary N) is 2. The van der Waals surface area contributed by atoms with Crippen LogP contribution in [0.2, 0.25) is 0 Å². The summed E-state index contributed by atoms with van der Waals surface area (Å²) in [6.45, 7) is 0. The molecule has 2 N–H and O–H groups in total. The van der Waals surface area contributed by atoms with Crippen LogP contribution in [0, 0.1) is 5.82 Å². The molecule has 1 aliphatic carbocycles. The van der Waals surface area contributed by atoms with Gasteiger partial charge in [-0.15, -0.1) is 0 Å². The van der Waals surface area contributed by atoms with Crippen LogP contribution in [0.15, 0.2) is 24.3 Å². The summed E-state index contributed by atoms with van der Waals surface area (Å²) < 4.78 is 13.0. The number of halogens is 1. The smallest absolute Gasteiger partial charge is 0.244 e. The van der Waals surface area contributed by atoms with Gasteiger partial charge in [0.25, 0.3) is 0 Å². The average molecular weight is 208 g/mol. The van der Waals surface area contributed by atoms with E-state index in [0.29, 0.717) is 0 Å². The molecule has 0 aliphatic heterocycles. The van der Waals surface area contributed by atoms with Crippen LogP contribution in [0.4, 0.5) is 4.39 Å². The van der Waals surface area contributed by atoms with Crippen LogP contribution >= 0.6 is 0 Å². The first kappa shape index (κ1) is 10.1. The molecule has 3 nitrogen and oxygen atoms in total. The Kier molecular flexibility index (Phi) is 2.44. The fourth-order valence-electron chi connectivity index (χ4n) is 1.79. The number of carbonyl (C=O) groups excluding carboxylic acids is 1. The molecular formula is C11H13FN2O. The lowest BCUT2D eigenvalue weighted by Gasteiger charge is -2.14. The molecule has 1 aliphatic rings. The van der Waals surface area contributed by atoms with E-state index in [1.807, 2.05) is 0 Å². The fraction of sp³-hybridized carbons (Fsp3) is 0.364. The van der Waals surface area contributed by atoms with Crippen LogP contribution in [0.1, 0.15) is 18.4 Å². The van der Waals surface area contributed by atoms with Gasteiger partial charge in [-0.25, -0.2) is 9.82 Å². The topological polar surface area (TPSA) is 41.1 Å². The molecule has 0 radical (unpaired) electrons. The highest BCUT2D eigenvalue weighted by Crippen LogP contribution is 2.48. The number of benzene rings is 1. The Bertz CT molecular complexity index is 388. The number of carbonyl (C=O) groups is 1. The lowest BCUT2D eigenvalue weighted by atomic mass is 9.95. The zero-order valence-electron chi connectivity index (χ0n) is 8.51. The maximum absolute atomic E-state index is 13.0. The largest absolute Gasteiger partial charge is 0.291 e. The summed E-state index contributed by atoms with van der Waals surface area (Å²) in [7, 11) is 1.64. The lowest BCUT2D eigenvalue weighted by molar-refractivity contribution is -0.124. The summed E-state index contributed by atoms with van der Waals surface area (Å²) in [6, 6.07) is 6.25. The number of hydrogen-bond donors (Lipinski definition) is 2. The Morgan fingerprint density at radius 2 is 2.20 bits per heavy atom. The molecule has 15 heavy (non-hydrogen) atoms. The molecule has 0 unspecified atom stereocenters. The summed E-state index contributed by atoms with van der Waals surface area (Å²) in [5.74, 6) is -0.383. The van der Waals surface area contributed by atoms with E-state index >= 15 is 0 Å². The third-order valence-corrected chi connectivity index (χ3v) is 2.80. The van der Waals surface area contributed by atoms with Crippen LogP contribution in [-0.4, -0.2) is 13.0 Å². The fourth-order valence-corrected chi connectivity index (χ4v) is 1.79. The minimum atomic E-state index is -0.509. The Balaban J connectivity index is 2.26. The van der Waals surface area contributed by atoms with Crippen LogP contribution in [0.5, 0.6) is 0 Å². The highest BCUT2D eigenvalue weighted by molar-refractivity contribution is 5.90. The summed E-state index contributed by atoms with van der Waals surface area (Å²) in [6.07, 6.45) is 1.56. The van der Waals surface area contributed by atoms with Crippen LogP contribution < -0.4 is 10.9 Å². The monoisotopic (exact) mass is 208 g/mol. The molecule has 1 fully saturated rings. The normalized spacial score (nSPS) is 17.2. The van der Waals surface area contributed by atoms with Crippen molar-refractivity contribution in [3.05, 3.63) is 35.6 Å². The van der Waals surface area contributed by atoms with Crippen molar-refractivity contribution >= 4 is 5.91 Å². The first-order valence-electron chi connectivity index (χ1n) is 4.92. The van der Waals surface area contributed by atoms with Crippen molar-refractivity contribution < 1.29 is 9.18 Å². The highest BCUT2D eigenvalue weighted by atomic mass is 19.1. The van der Waals surface area contributed by atoms with Crippen molar-refractivity contribution in [3.8, 4) is 0 Å². The molecule has 80 valence electrons. The van der Waals surface area contributed by atoms with Crippen molar-refractivity contribution in [2.45, 2.75) is 18.3 Å². The van der Waals surface area contributed by atoms with Gasteiger partial charge in [0.2, 0.25) is 5.91 Å². The van der Waals surface area contributed by atoms with Gasteiger partial charge < -0.3 is 0 Å². The summed E-state index contributed by atoms with van der Waals surface area (Å²) >= 11 is 0. The molecular weight excluding hydrogens is 195 g/mol. The van der Waals surface area contributed by atoms with Gasteiger partial charge in [-0.3, -0.25) is 10.2 Å². The Morgan fingerprint density at radius 3 is 2.73 bits per heavy atom. The molecule has 1 aromatic carbocycles. The minimum Gasteiger partial charge on any atom is -0.291 e. The van der Waals surface area contributed by atoms with E-state index in [1.165, 1.54) is 12.1 Å². The van der Waals surface area contributed by atoms with E-state index in [4.69, 9.17) is 0 Å². The predicted octanol–water partition coefficient (Wildman–Crippen LogP) is 1.11. The van der Waals surface area contributed by atoms with E-state index in [0.717, 1.165) is 18.4 Å². The molecule has 4 heteroatoms. The SMILES string of the molecule is CNNC(=O)C1(c2cccc(F)c2)CC1. The van der Waals surface area contributed by atoms with Gasteiger partial charge in [0.15, 0.2) is 0 Å². The van der Waals surface area contributed by atoms with Gasteiger partial charge in [0, 0.05) is 7.05 Å². The molecule has 1 amide bonds. The Morgan fingerprint density at radius 1 is 1.47 bits per heavy atom. The van der Waals surface area contributed by atoms with Gasteiger partial charge in [-0.2, -0.15) is 0 Å². The number of hydrogen-bond acceptors (Lipinski definition) is 2. The second-order valence-corrected chi connectivity index (χ2v) is 3.80. The van der Waals surface area contributed by atoms with E-state index in [9.17, 15) is 9.18 Å². The third kappa shape index (κ3) is 1.72. The van der Waals surface area contributed by atoms with Crippen molar-refractivity contribution in [1.82, 2.24) is 10.9 Å². The van der Waals surface area contributed by atoms with E-state index in [2.05, 4.69) is 10.9 Å². The number of amides is 1. The maximum atomic E-state index is 13.0. The average Bonchev–Trinajstić information content (AvgIpc) is 2.99. The summed E-state index contributed by atoms with van der Waals surface area (Å²) in [4.78, 5) is 11.7. The van der Waals surface area contributed by atoms with Gasteiger partial charge in [-0.05, 0) is 30.5 Å². The van der Waals surface area contributed by atoms with E-state index in [-0.39, 0.29) is 11.7 Å². The maximum Gasteiger partial charge on any atom is 0.244 e. The Labute approximate surface area is 87.6 Å². The molecule has 1 aromatic rings. The molecule has 0 aromatic heterocycles. The standard InChI is InChI=1S/C11H13FN2O/c1-13-14-10(15)11(5-6-11)8-3-2-4-9(12)7-8/h2-4,7,13H,5-6H2,1H3,(H,14,15). The quantitative estimate of drug-likeness (QED) is 0.730. The lowest BCUT2D eigenvalue weighted by Crippen LogP contribution is -2.41. The molecule has 0 atom stereocenters. The molecule has 0 heterocycles. The van der Waals surface area contributed by atoms with E-state index in [1.54, 1.807) is 19.2 Å². The summed E-state index contributed by atoms with van der Waals surface area (Å²) in [5, 5.41) is 0. The molecule has 1 saturated carbocycles. The van der Waals surface area contributed by atoms with Gasteiger partial charge in [0.1, 0.15) is 5.82 Å². The van der Waals surface area contributed by atoms with Crippen molar-refractivity contribution in [3.63, 3.8) is 0 Å². The van der Waals surface area contributed by atoms with Crippen molar-refractivity contribution in [2.75, 3.05) is 7.05 Å².